The van der Waals surface area contributed by atoms with E-state index < -0.39 is 0 Å². The first-order chi connectivity index (χ1) is 16.4. The van der Waals surface area contributed by atoms with Crippen LogP contribution in [0, 0.1) is 0 Å². The van der Waals surface area contributed by atoms with Gasteiger partial charge in [-0.3, -0.25) is 9.59 Å². The van der Waals surface area contributed by atoms with Crippen LogP contribution in [0.2, 0.25) is 10.0 Å². The molecule has 0 aliphatic carbocycles. The van der Waals surface area contributed by atoms with E-state index in [0.29, 0.717) is 40.5 Å². The van der Waals surface area contributed by atoms with E-state index in [9.17, 15) is 9.59 Å². The molecular formula is C24H24Cl2N4O4. The molecule has 2 aromatic carbocycles. The largest absolute Gasteiger partial charge is 0.484 e. The van der Waals surface area contributed by atoms with Gasteiger partial charge in [0, 0.05) is 29.2 Å². The van der Waals surface area contributed by atoms with Gasteiger partial charge in [0.15, 0.2) is 6.61 Å². The van der Waals surface area contributed by atoms with E-state index in [0.717, 1.165) is 18.4 Å². The zero-order valence-corrected chi connectivity index (χ0v) is 20.1. The minimum atomic E-state index is -0.337. The van der Waals surface area contributed by atoms with Crippen molar-refractivity contribution >= 4 is 35.0 Å². The first-order valence-corrected chi connectivity index (χ1v) is 11.7. The fraction of sp³-hybridized carbons (Fsp3) is 0.333. The number of benzene rings is 2. The Hall–Kier alpha value is -3.10. The molecule has 3 aromatic rings. The number of carbonyl (C=O) groups is 2. The minimum Gasteiger partial charge on any atom is -0.484 e. The van der Waals surface area contributed by atoms with Gasteiger partial charge in [0.05, 0.1) is 6.54 Å². The van der Waals surface area contributed by atoms with Crippen LogP contribution in [0.5, 0.6) is 5.75 Å². The summed E-state index contributed by atoms with van der Waals surface area (Å²) in [5.41, 5.74) is 0.738. The molecule has 1 unspecified atom stereocenters. The Morgan fingerprint density at radius 2 is 1.94 bits per heavy atom. The van der Waals surface area contributed by atoms with E-state index in [1.807, 2.05) is 12.1 Å². The van der Waals surface area contributed by atoms with Gasteiger partial charge in [0.25, 0.3) is 5.91 Å². The molecule has 1 fully saturated rings. The number of rotatable bonds is 7. The molecule has 0 saturated carbocycles. The number of ether oxygens (including phenoxy) is 1. The fourth-order valence-electron chi connectivity index (χ4n) is 3.77. The predicted octanol–water partition coefficient (Wildman–Crippen LogP) is 4.63. The number of halogens is 2. The van der Waals surface area contributed by atoms with Crippen LogP contribution in [0.4, 0.5) is 0 Å². The average molecular weight is 503 g/mol. The Balaban J connectivity index is 1.38. The normalized spacial score (nSPS) is 15.7. The number of hydrogen-bond donors (Lipinski definition) is 0. The summed E-state index contributed by atoms with van der Waals surface area (Å²) in [7, 11) is 1.58. The molecule has 1 aliphatic heterocycles. The van der Waals surface area contributed by atoms with Gasteiger partial charge < -0.3 is 19.1 Å². The van der Waals surface area contributed by atoms with Gasteiger partial charge in [0.1, 0.15) is 11.8 Å². The number of nitrogens with zero attached hydrogens (tertiary/aromatic N) is 4. The fourth-order valence-corrected chi connectivity index (χ4v) is 4.09. The summed E-state index contributed by atoms with van der Waals surface area (Å²) >= 11 is 11.9. The van der Waals surface area contributed by atoms with Crippen molar-refractivity contribution < 1.29 is 18.8 Å². The monoisotopic (exact) mass is 502 g/mol. The standard InChI is InChI=1S/C24H24Cl2N4O4/c1-29(22(32)15-33-19-10-8-17(25)9-11-19)14-21(31)30-12-3-2-7-20(30)24-27-23(28-34-24)16-5-4-6-18(26)13-16/h4-6,8-11,13,20H,2-3,7,12,14-15H2,1H3. The van der Waals surface area contributed by atoms with Gasteiger partial charge >= 0.3 is 0 Å². The molecular weight excluding hydrogens is 479 g/mol. The van der Waals surface area contributed by atoms with Crippen molar-refractivity contribution in [3.8, 4) is 17.1 Å². The van der Waals surface area contributed by atoms with Crippen LogP contribution in [0.3, 0.4) is 0 Å². The molecule has 1 aliphatic rings. The molecule has 178 valence electrons. The lowest BCUT2D eigenvalue weighted by Crippen LogP contribution is -2.45. The van der Waals surface area contributed by atoms with Crippen LogP contribution < -0.4 is 4.74 Å². The highest BCUT2D eigenvalue weighted by Crippen LogP contribution is 2.31. The zero-order valence-electron chi connectivity index (χ0n) is 18.6. The number of carbonyl (C=O) groups excluding carboxylic acids is 2. The highest BCUT2D eigenvalue weighted by molar-refractivity contribution is 6.31. The Kier molecular flexibility index (Phi) is 7.70. The number of likely N-dealkylation sites (N-methyl/N-ethyl adjacent to an activating group) is 1. The van der Waals surface area contributed by atoms with Gasteiger partial charge in [-0.2, -0.15) is 4.98 Å². The number of likely N-dealkylation sites (tertiary alicyclic amines) is 1. The highest BCUT2D eigenvalue weighted by atomic mass is 35.5. The lowest BCUT2D eigenvalue weighted by atomic mass is 10.0. The SMILES string of the molecule is CN(CC(=O)N1CCCCC1c1nc(-c2cccc(Cl)c2)no1)C(=O)COc1ccc(Cl)cc1. The second kappa shape index (κ2) is 10.9. The van der Waals surface area contributed by atoms with Crippen molar-refractivity contribution in [1.82, 2.24) is 19.9 Å². The van der Waals surface area contributed by atoms with E-state index in [4.69, 9.17) is 32.5 Å². The molecule has 4 rings (SSSR count). The second-order valence-electron chi connectivity index (χ2n) is 8.06. The average Bonchev–Trinajstić information content (AvgIpc) is 3.34. The molecule has 10 heteroatoms. The topological polar surface area (TPSA) is 88.8 Å². The summed E-state index contributed by atoms with van der Waals surface area (Å²) in [6.07, 6.45) is 2.52. The number of hydrogen-bond acceptors (Lipinski definition) is 6. The van der Waals surface area contributed by atoms with Gasteiger partial charge in [0.2, 0.25) is 17.6 Å². The third-order valence-corrected chi connectivity index (χ3v) is 6.09. The minimum absolute atomic E-state index is 0.0748. The Labute approximate surface area is 207 Å². The lowest BCUT2D eigenvalue weighted by molar-refractivity contribution is -0.143. The Morgan fingerprint density at radius 3 is 2.71 bits per heavy atom. The van der Waals surface area contributed by atoms with Gasteiger partial charge in [-0.1, -0.05) is 40.5 Å². The van der Waals surface area contributed by atoms with Crippen LogP contribution in [0.25, 0.3) is 11.4 Å². The molecule has 8 nitrogen and oxygen atoms in total. The second-order valence-corrected chi connectivity index (χ2v) is 8.93. The van der Waals surface area contributed by atoms with E-state index in [-0.39, 0.29) is 31.0 Å². The first-order valence-electron chi connectivity index (χ1n) is 10.9. The summed E-state index contributed by atoms with van der Waals surface area (Å²) < 4.78 is 11.0. The molecule has 1 atom stereocenters. The van der Waals surface area contributed by atoms with Crippen molar-refractivity contribution in [3.05, 3.63) is 64.5 Å². The molecule has 1 saturated heterocycles. The number of piperidine rings is 1. The third-order valence-electron chi connectivity index (χ3n) is 5.61. The van der Waals surface area contributed by atoms with Crippen molar-refractivity contribution in [2.45, 2.75) is 25.3 Å². The molecule has 0 N–H and O–H groups in total. The summed E-state index contributed by atoms with van der Waals surface area (Å²) in [5.74, 6) is 0.832. The van der Waals surface area contributed by atoms with Gasteiger partial charge in [-0.25, -0.2) is 0 Å². The third kappa shape index (κ3) is 5.87. The van der Waals surface area contributed by atoms with Crippen LogP contribution in [0.1, 0.15) is 31.2 Å². The molecule has 2 heterocycles. The Morgan fingerprint density at radius 1 is 1.15 bits per heavy atom. The summed E-state index contributed by atoms with van der Waals surface area (Å²) in [6, 6.07) is 13.6. The van der Waals surface area contributed by atoms with Crippen LogP contribution in [-0.2, 0) is 9.59 Å². The molecule has 1 aromatic heterocycles. The van der Waals surface area contributed by atoms with Crippen LogP contribution >= 0.6 is 23.2 Å². The van der Waals surface area contributed by atoms with Crippen LogP contribution in [-0.4, -0.2) is 58.5 Å². The predicted molar refractivity (Wildman–Crippen MR) is 128 cm³/mol. The quantitative estimate of drug-likeness (QED) is 0.467. The maximum atomic E-state index is 13.1. The van der Waals surface area contributed by atoms with Crippen molar-refractivity contribution in [2.75, 3.05) is 26.7 Å². The lowest BCUT2D eigenvalue weighted by Gasteiger charge is -2.34. The zero-order chi connectivity index (χ0) is 24.1. The maximum Gasteiger partial charge on any atom is 0.260 e. The van der Waals surface area contributed by atoms with Gasteiger partial charge in [-0.05, 0) is 55.7 Å². The maximum absolute atomic E-state index is 13.1. The van der Waals surface area contributed by atoms with E-state index in [1.54, 1.807) is 48.3 Å². The highest BCUT2D eigenvalue weighted by Gasteiger charge is 2.33. The summed E-state index contributed by atoms with van der Waals surface area (Å²) in [5, 5.41) is 5.23. The molecule has 34 heavy (non-hydrogen) atoms. The van der Waals surface area contributed by atoms with E-state index in [1.165, 1.54) is 4.90 Å². The van der Waals surface area contributed by atoms with Crippen LogP contribution in [0.15, 0.2) is 53.1 Å². The molecule has 0 radical (unpaired) electrons. The van der Waals surface area contributed by atoms with E-state index >= 15 is 0 Å². The van der Waals surface area contributed by atoms with E-state index in [2.05, 4.69) is 10.1 Å². The smallest absolute Gasteiger partial charge is 0.260 e. The summed E-state index contributed by atoms with van der Waals surface area (Å²) in [4.78, 5) is 33.2. The Bertz CT molecular complexity index is 1150. The first kappa shape index (κ1) is 24.0. The molecule has 0 spiro atoms. The van der Waals surface area contributed by atoms with Crippen molar-refractivity contribution in [1.29, 1.82) is 0 Å². The van der Waals surface area contributed by atoms with Crippen molar-refractivity contribution in [3.63, 3.8) is 0 Å². The van der Waals surface area contributed by atoms with Gasteiger partial charge in [-0.15, -0.1) is 0 Å². The number of amides is 2. The van der Waals surface area contributed by atoms with Crippen molar-refractivity contribution in [2.24, 2.45) is 0 Å². The molecule has 2 amide bonds. The number of aromatic nitrogens is 2. The molecule has 0 bridgehead atoms. The summed E-state index contributed by atoms with van der Waals surface area (Å²) in [6.45, 7) is 0.303.